The van der Waals surface area contributed by atoms with E-state index >= 15 is 0 Å². The number of hydrogen-bond donors (Lipinski definition) is 0. The lowest BCUT2D eigenvalue weighted by molar-refractivity contribution is 0.0387. The first-order valence-electron chi connectivity index (χ1n) is 6.62. The molecule has 8 heteroatoms. The molecule has 0 saturated carbocycles. The second kappa shape index (κ2) is 6.58. The summed E-state index contributed by atoms with van der Waals surface area (Å²) in [5.74, 6) is 0.658. The van der Waals surface area contributed by atoms with Crippen LogP contribution >= 0.6 is 27.5 Å². The van der Waals surface area contributed by atoms with Gasteiger partial charge in [-0.15, -0.1) is 0 Å². The average molecular weight is 384 g/mol. The minimum absolute atomic E-state index is 0.0207. The van der Waals surface area contributed by atoms with E-state index in [4.69, 9.17) is 16.3 Å². The van der Waals surface area contributed by atoms with Crippen molar-refractivity contribution < 1.29 is 9.53 Å². The maximum absolute atomic E-state index is 12.2. The molecule has 3 rings (SSSR count). The van der Waals surface area contributed by atoms with Crippen LogP contribution in [0.2, 0.25) is 5.15 Å². The van der Waals surface area contributed by atoms with E-state index in [9.17, 15) is 4.79 Å². The molecule has 6 nitrogen and oxygen atoms in total. The number of nitrogens with zero attached hydrogens (tertiary/aromatic N) is 4. The molecule has 1 aliphatic rings. The minimum Gasteiger partial charge on any atom is -0.476 e. The van der Waals surface area contributed by atoms with Crippen molar-refractivity contribution in [2.75, 3.05) is 19.7 Å². The number of aromatic nitrogens is 3. The Kier molecular flexibility index (Phi) is 4.54. The fourth-order valence-corrected chi connectivity index (χ4v) is 2.66. The zero-order valence-corrected chi connectivity index (χ0v) is 13.8. The molecule has 0 bridgehead atoms. The van der Waals surface area contributed by atoms with Crippen LogP contribution in [0.15, 0.2) is 35.3 Å². The molecule has 0 spiro atoms. The molecule has 0 unspecified atom stereocenters. The van der Waals surface area contributed by atoms with Gasteiger partial charge in [0.15, 0.2) is 5.15 Å². The third-order valence-electron chi connectivity index (χ3n) is 3.25. The van der Waals surface area contributed by atoms with Gasteiger partial charge in [0.05, 0.1) is 24.6 Å². The summed E-state index contributed by atoms with van der Waals surface area (Å²) in [5, 5.41) is 0.296. The van der Waals surface area contributed by atoms with Gasteiger partial charge < -0.3 is 9.64 Å². The van der Waals surface area contributed by atoms with Gasteiger partial charge in [0.25, 0.3) is 5.91 Å². The Bertz CT molecular complexity index is 694. The fraction of sp³-hybridized carbons (Fsp3) is 0.286. The summed E-state index contributed by atoms with van der Waals surface area (Å²) in [7, 11) is 0. The number of likely N-dealkylation sites (tertiary alicyclic amines) is 1. The summed E-state index contributed by atoms with van der Waals surface area (Å²) >= 11 is 9.05. The van der Waals surface area contributed by atoms with Gasteiger partial charge >= 0.3 is 0 Å². The van der Waals surface area contributed by atoms with Crippen molar-refractivity contribution in [3.05, 3.63) is 46.0 Å². The summed E-state index contributed by atoms with van der Waals surface area (Å²) in [6, 6.07) is 1.76. The molecule has 1 aliphatic heterocycles. The molecule has 0 atom stereocenters. The van der Waals surface area contributed by atoms with Crippen LogP contribution in [0.5, 0.6) is 5.88 Å². The largest absolute Gasteiger partial charge is 0.476 e. The Balaban J connectivity index is 1.49. The van der Waals surface area contributed by atoms with Crippen molar-refractivity contribution in [2.24, 2.45) is 5.92 Å². The predicted molar refractivity (Wildman–Crippen MR) is 83.9 cm³/mol. The van der Waals surface area contributed by atoms with Crippen LogP contribution in [0, 0.1) is 5.92 Å². The standard InChI is InChI=1S/C14H12BrClN4O2/c15-11-1-10(2-17-3-11)14(21)20-6-9(7-20)8-22-13-5-18-4-12(16)19-13/h1-5,9H,6-8H2. The molecule has 22 heavy (non-hydrogen) atoms. The first-order valence-corrected chi connectivity index (χ1v) is 7.79. The maximum Gasteiger partial charge on any atom is 0.255 e. The van der Waals surface area contributed by atoms with Crippen LogP contribution in [0.3, 0.4) is 0 Å². The second-order valence-corrected chi connectivity index (χ2v) is 6.26. The van der Waals surface area contributed by atoms with E-state index in [2.05, 4.69) is 30.9 Å². The molecular formula is C14H12BrClN4O2. The highest BCUT2D eigenvalue weighted by atomic mass is 79.9. The van der Waals surface area contributed by atoms with E-state index in [1.165, 1.54) is 12.4 Å². The molecular weight excluding hydrogens is 372 g/mol. The van der Waals surface area contributed by atoms with Crippen LogP contribution in [0.1, 0.15) is 10.4 Å². The maximum atomic E-state index is 12.2. The number of amides is 1. The molecule has 0 N–H and O–H groups in total. The van der Waals surface area contributed by atoms with Crippen LogP contribution in [-0.4, -0.2) is 45.5 Å². The Morgan fingerprint density at radius 1 is 1.32 bits per heavy atom. The highest BCUT2D eigenvalue weighted by Crippen LogP contribution is 2.21. The second-order valence-electron chi connectivity index (χ2n) is 4.96. The molecule has 0 aliphatic carbocycles. The van der Waals surface area contributed by atoms with E-state index in [1.807, 2.05) is 0 Å². The normalized spacial score (nSPS) is 14.5. The molecule has 2 aromatic heterocycles. The number of halogens is 2. The Labute approximate surface area is 140 Å². The van der Waals surface area contributed by atoms with Crippen LogP contribution in [0.4, 0.5) is 0 Å². The van der Waals surface area contributed by atoms with Crippen molar-refractivity contribution in [1.82, 2.24) is 19.9 Å². The van der Waals surface area contributed by atoms with Crippen molar-refractivity contribution in [3.8, 4) is 5.88 Å². The Hall–Kier alpha value is -1.73. The molecule has 1 saturated heterocycles. The number of carbonyl (C=O) groups excluding carboxylic acids is 1. The third-order valence-corrected chi connectivity index (χ3v) is 3.86. The monoisotopic (exact) mass is 382 g/mol. The topological polar surface area (TPSA) is 68.2 Å². The minimum atomic E-state index is -0.0207. The predicted octanol–water partition coefficient (Wildman–Crippen LogP) is 2.44. The quantitative estimate of drug-likeness (QED) is 0.811. The number of pyridine rings is 1. The lowest BCUT2D eigenvalue weighted by Gasteiger charge is -2.38. The molecule has 1 amide bonds. The number of hydrogen-bond acceptors (Lipinski definition) is 5. The Morgan fingerprint density at radius 3 is 2.82 bits per heavy atom. The highest BCUT2D eigenvalue weighted by Gasteiger charge is 2.32. The van der Waals surface area contributed by atoms with E-state index in [0.29, 0.717) is 36.3 Å². The zero-order valence-electron chi connectivity index (χ0n) is 11.4. The van der Waals surface area contributed by atoms with Gasteiger partial charge in [0.1, 0.15) is 0 Å². The SMILES string of the molecule is O=C(c1cncc(Br)c1)N1CC(COc2cncc(Cl)n2)C1. The summed E-state index contributed by atoms with van der Waals surface area (Å²) in [4.78, 5) is 25.9. The van der Waals surface area contributed by atoms with E-state index < -0.39 is 0 Å². The lowest BCUT2D eigenvalue weighted by atomic mass is 10.0. The van der Waals surface area contributed by atoms with Gasteiger partial charge in [0.2, 0.25) is 5.88 Å². The van der Waals surface area contributed by atoms with Crippen LogP contribution in [-0.2, 0) is 0 Å². The zero-order chi connectivity index (χ0) is 15.5. The molecule has 0 aromatic carbocycles. The van der Waals surface area contributed by atoms with E-state index in [0.717, 1.165) is 4.47 Å². The first-order chi connectivity index (χ1) is 10.6. The summed E-state index contributed by atoms with van der Waals surface area (Å²) in [6.45, 7) is 1.79. The van der Waals surface area contributed by atoms with Crippen molar-refractivity contribution >= 4 is 33.4 Å². The molecule has 0 radical (unpaired) electrons. The highest BCUT2D eigenvalue weighted by molar-refractivity contribution is 9.10. The van der Waals surface area contributed by atoms with Crippen molar-refractivity contribution in [2.45, 2.75) is 0 Å². The third kappa shape index (κ3) is 3.53. The molecule has 114 valence electrons. The number of rotatable bonds is 4. The van der Waals surface area contributed by atoms with Crippen LogP contribution in [0.25, 0.3) is 0 Å². The number of ether oxygens (including phenoxy) is 1. The van der Waals surface area contributed by atoms with Crippen molar-refractivity contribution in [3.63, 3.8) is 0 Å². The van der Waals surface area contributed by atoms with E-state index in [-0.39, 0.29) is 11.8 Å². The van der Waals surface area contributed by atoms with Gasteiger partial charge in [-0.05, 0) is 22.0 Å². The molecule has 1 fully saturated rings. The van der Waals surface area contributed by atoms with Gasteiger partial charge in [-0.2, -0.15) is 4.98 Å². The fourth-order valence-electron chi connectivity index (χ4n) is 2.15. The lowest BCUT2D eigenvalue weighted by Crippen LogP contribution is -2.52. The van der Waals surface area contributed by atoms with Gasteiger partial charge in [0, 0.05) is 35.9 Å². The Morgan fingerprint density at radius 2 is 2.09 bits per heavy atom. The van der Waals surface area contributed by atoms with Gasteiger partial charge in [-0.25, -0.2) is 0 Å². The first kappa shape index (κ1) is 15.2. The summed E-state index contributed by atoms with van der Waals surface area (Å²) in [5.41, 5.74) is 0.578. The smallest absolute Gasteiger partial charge is 0.255 e. The van der Waals surface area contributed by atoms with Gasteiger partial charge in [-0.3, -0.25) is 14.8 Å². The summed E-state index contributed by atoms with van der Waals surface area (Å²) < 4.78 is 6.32. The van der Waals surface area contributed by atoms with Gasteiger partial charge in [-0.1, -0.05) is 11.6 Å². The summed E-state index contributed by atoms with van der Waals surface area (Å²) in [6.07, 6.45) is 6.18. The van der Waals surface area contributed by atoms with Crippen molar-refractivity contribution in [1.29, 1.82) is 0 Å². The number of carbonyl (C=O) groups is 1. The van der Waals surface area contributed by atoms with E-state index in [1.54, 1.807) is 23.4 Å². The molecule has 3 heterocycles. The average Bonchev–Trinajstić information content (AvgIpc) is 2.45. The van der Waals surface area contributed by atoms with Crippen LogP contribution < -0.4 is 4.74 Å². The molecule has 2 aromatic rings.